The monoisotopic (exact) mass is 395 g/mol. The van der Waals surface area contributed by atoms with Gasteiger partial charge in [-0.1, -0.05) is 11.6 Å². The Morgan fingerprint density at radius 3 is 2.29 bits per heavy atom. The fourth-order valence-electron chi connectivity index (χ4n) is 3.06. The van der Waals surface area contributed by atoms with Gasteiger partial charge in [0.25, 0.3) is 0 Å². The highest BCUT2D eigenvalue weighted by Gasteiger charge is 2.18. The highest BCUT2D eigenvalue weighted by atomic mass is 35.5. The third kappa shape index (κ3) is 3.34. The van der Waals surface area contributed by atoms with Gasteiger partial charge in [0.1, 0.15) is 29.4 Å². The van der Waals surface area contributed by atoms with E-state index in [-0.39, 0.29) is 0 Å². The van der Waals surface area contributed by atoms with Crippen LogP contribution in [0.3, 0.4) is 0 Å². The number of aromatic nitrogens is 2. The van der Waals surface area contributed by atoms with Crippen molar-refractivity contribution in [3.63, 3.8) is 0 Å². The van der Waals surface area contributed by atoms with Crippen LogP contribution in [0.4, 0.5) is 11.5 Å². The Bertz CT molecular complexity index is 1120. The van der Waals surface area contributed by atoms with Crippen molar-refractivity contribution < 1.29 is 13.9 Å². The highest BCUT2D eigenvalue weighted by Crippen LogP contribution is 2.37. The summed E-state index contributed by atoms with van der Waals surface area (Å²) >= 11 is 6.00. The third-order valence-electron chi connectivity index (χ3n) is 4.45. The number of rotatable bonds is 5. The Hall–Kier alpha value is -3.25. The first-order valence-corrected chi connectivity index (χ1v) is 8.97. The SMILES string of the molecule is COc1cc(Nc2ncnc3oc(-c4ccc(Cl)cc4)c(C)c23)cc(OC)c1. The van der Waals surface area contributed by atoms with Gasteiger partial charge in [0.15, 0.2) is 0 Å². The molecule has 28 heavy (non-hydrogen) atoms. The molecule has 2 aromatic carbocycles. The summed E-state index contributed by atoms with van der Waals surface area (Å²) < 4.78 is 16.7. The van der Waals surface area contributed by atoms with Crippen LogP contribution >= 0.6 is 11.6 Å². The maximum absolute atomic E-state index is 6.01. The fraction of sp³-hybridized carbons (Fsp3) is 0.143. The summed E-state index contributed by atoms with van der Waals surface area (Å²) in [4.78, 5) is 8.69. The normalized spacial score (nSPS) is 10.9. The molecule has 0 fully saturated rings. The molecule has 0 saturated heterocycles. The summed E-state index contributed by atoms with van der Waals surface area (Å²) in [5.74, 6) is 2.73. The van der Waals surface area contributed by atoms with Crippen LogP contribution < -0.4 is 14.8 Å². The topological polar surface area (TPSA) is 69.4 Å². The van der Waals surface area contributed by atoms with Gasteiger partial charge in [0.2, 0.25) is 5.71 Å². The second-order valence-electron chi connectivity index (χ2n) is 6.19. The molecule has 4 rings (SSSR count). The number of hydrogen-bond donors (Lipinski definition) is 1. The minimum absolute atomic E-state index is 0.509. The number of nitrogens with one attached hydrogen (secondary N) is 1. The van der Waals surface area contributed by atoms with Gasteiger partial charge >= 0.3 is 0 Å². The number of methoxy groups -OCH3 is 2. The van der Waals surface area contributed by atoms with E-state index < -0.39 is 0 Å². The summed E-state index contributed by atoms with van der Waals surface area (Å²) in [5.41, 5.74) is 3.16. The van der Waals surface area contributed by atoms with Gasteiger partial charge < -0.3 is 19.2 Å². The molecule has 6 nitrogen and oxygen atoms in total. The number of anilines is 2. The van der Waals surface area contributed by atoms with Crippen LogP contribution in [0.5, 0.6) is 11.5 Å². The molecule has 142 valence electrons. The van der Waals surface area contributed by atoms with Gasteiger partial charge in [-0.15, -0.1) is 0 Å². The molecule has 0 atom stereocenters. The zero-order chi connectivity index (χ0) is 19.7. The maximum Gasteiger partial charge on any atom is 0.232 e. The van der Waals surface area contributed by atoms with Crippen LogP contribution in [0.2, 0.25) is 5.02 Å². The number of fused-ring (bicyclic) bond motifs is 1. The van der Waals surface area contributed by atoms with E-state index >= 15 is 0 Å². The van der Waals surface area contributed by atoms with Gasteiger partial charge in [0, 0.05) is 40.0 Å². The van der Waals surface area contributed by atoms with Crippen molar-refractivity contribution >= 4 is 34.2 Å². The van der Waals surface area contributed by atoms with Crippen LogP contribution in [0.15, 0.2) is 53.2 Å². The number of nitrogens with zero attached hydrogens (tertiary/aromatic N) is 2. The van der Waals surface area contributed by atoms with Crippen molar-refractivity contribution in [3.05, 3.63) is 59.4 Å². The molecule has 0 unspecified atom stereocenters. The number of aryl methyl sites for hydroxylation is 1. The van der Waals surface area contributed by atoms with Gasteiger partial charge in [0.05, 0.1) is 19.6 Å². The minimum Gasteiger partial charge on any atom is -0.497 e. The second-order valence-corrected chi connectivity index (χ2v) is 6.63. The number of halogens is 1. The maximum atomic E-state index is 6.01. The van der Waals surface area contributed by atoms with E-state index in [0.717, 1.165) is 28.0 Å². The Morgan fingerprint density at radius 1 is 0.964 bits per heavy atom. The van der Waals surface area contributed by atoms with E-state index in [1.165, 1.54) is 6.33 Å². The van der Waals surface area contributed by atoms with Crippen molar-refractivity contribution in [3.8, 4) is 22.8 Å². The number of furan rings is 1. The molecular formula is C21H18ClN3O3. The van der Waals surface area contributed by atoms with Crippen LogP contribution in [0, 0.1) is 6.92 Å². The Balaban J connectivity index is 1.79. The van der Waals surface area contributed by atoms with Crippen molar-refractivity contribution in [2.24, 2.45) is 0 Å². The zero-order valence-corrected chi connectivity index (χ0v) is 16.4. The van der Waals surface area contributed by atoms with Crippen molar-refractivity contribution in [1.29, 1.82) is 0 Å². The quantitative estimate of drug-likeness (QED) is 0.473. The van der Waals surface area contributed by atoms with Gasteiger partial charge in [-0.25, -0.2) is 9.97 Å². The van der Waals surface area contributed by atoms with E-state index in [1.54, 1.807) is 14.2 Å². The molecule has 0 aliphatic carbocycles. The molecule has 4 aromatic rings. The summed E-state index contributed by atoms with van der Waals surface area (Å²) in [5, 5.41) is 4.81. The van der Waals surface area contributed by atoms with Crippen molar-refractivity contribution in [1.82, 2.24) is 9.97 Å². The number of hydrogen-bond acceptors (Lipinski definition) is 6. The summed E-state index contributed by atoms with van der Waals surface area (Å²) in [6.45, 7) is 1.98. The van der Waals surface area contributed by atoms with E-state index in [1.807, 2.05) is 49.4 Å². The average molecular weight is 396 g/mol. The standard InChI is InChI=1S/C21H18ClN3O3/c1-12-18-20(25-15-8-16(26-2)10-17(9-15)27-3)23-11-24-21(18)28-19(12)13-4-6-14(22)7-5-13/h4-11H,1-3H3,(H,23,24,25). The third-order valence-corrected chi connectivity index (χ3v) is 4.70. The molecule has 2 heterocycles. The Morgan fingerprint density at radius 2 is 1.64 bits per heavy atom. The van der Waals surface area contributed by atoms with Crippen LogP contribution in [0.1, 0.15) is 5.56 Å². The van der Waals surface area contributed by atoms with Gasteiger partial charge in [-0.2, -0.15) is 0 Å². The first-order chi connectivity index (χ1) is 13.6. The molecule has 0 aliphatic rings. The predicted molar refractivity (Wildman–Crippen MR) is 110 cm³/mol. The molecule has 0 saturated carbocycles. The minimum atomic E-state index is 0.509. The molecular weight excluding hydrogens is 378 g/mol. The lowest BCUT2D eigenvalue weighted by molar-refractivity contribution is 0.395. The van der Waals surface area contributed by atoms with E-state index in [0.29, 0.717) is 28.1 Å². The smallest absolute Gasteiger partial charge is 0.232 e. The molecule has 2 aromatic heterocycles. The van der Waals surface area contributed by atoms with Crippen LogP contribution in [-0.2, 0) is 0 Å². The largest absolute Gasteiger partial charge is 0.497 e. The lowest BCUT2D eigenvalue weighted by Gasteiger charge is -2.10. The molecule has 0 spiro atoms. The predicted octanol–water partition coefficient (Wildman–Crippen LogP) is 5.61. The first-order valence-electron chi connectivity index (χ1n) is 8.59. The average Bonchev–Trinajstić information content (AvgIpc) is 3.06. The van der Waals surface area contributed by atoms with Gasteiger partial charge in [-0.05, 0) is 31.2 Å². The number of ether oxygens (including phenoxy) is 2. The van der Waals surface area contributed by atoms with Crippen LogP contribution in [0.25, 0.3) is 22.4 Å². The van der Waals surface area contributed by atoms with Gasteiger partial charge in [-0.3, -0.25) is 0 Å². The van der Waals surface area contributed by atoms with Crippen molar-refractivity contribution in [2.45, 2.75) is 6.92 Å². The fourth-order valence-corrected chi connectivity index (χ4v) is 3.19. The second kappa shape index (κ2) is 7.40. The molecule has 0 radical (unpaired) electrons. The Kier molecular flexibility index (Phi) is 4.79. The molecule has 0 bridgehead atoms. The Labute approximate surface area is 167 Å². The lowest BCUT2D eigenvalue weighted by Crippen LogP contribution is -1.97. The number of benzene rings is 2. The summed E-state index contributed by atoms with van der Waals surface area (Å²) in [7, 11) is 3.22. The van der Waals surface area contributed by atoms with E-state index in [4.69, 9.17) is 25.5 Å². The molecule has 1 N–H and O–H groups in total. The zero-order valence-electron chi connectivity index (χ0n) is 15.6. The lowest BCUT2D eigenvalue weighted by atomic mass is 10.1. The van der Waals surface area contributed by atoms with Crippen molar-refractivity contribution in [2.75, 3.05) is 19.5 Å². The summed E-state index contributed by atoms with van der Waals surface area (Å²) in [6, 6.07) is 13.0. The molecule has 0 aliphatic heterocycles. The van der Waals surface area contributed by atoms with Crippen LogP contribution in [-0.4, -0.2) is 24.2 Å². The molecule has 7 heteroatoms. The molecule has 0 amide bonds. The first kappa shape index (κ1) is 18.1. The van der Waals surface area contributed by atoms with E-state index in [9.17, 15) is 0 Å². The highest BCUT2D eigenvalue weighted by molar-refractivity contribution is 6.30. The van der Waals surface area contributed by atoms with E-state index in [2.05, 4.69) is 15.3 Å². The summed E-state index contributed by atoms with van der Waals surface area (Å²) in [6.07, 6.45) is 1.47.